The van der Waals surface area contributed by atoms with Crippen molar-refractivity contribution in [3.05, 3.63) is 24.3 Å². The molecule has 1 saturated heterocycles. The number of para-hydroxylation sites is 1. The summed E-state index contributed by atoms with van der Waals surface area (Å²) in [4.78, 5) is 12.6. The van der Waals surface area contributed by atoms with E-state index >= 15 is 0 Å². The lowest BCUT2D eigenvalue weighted by Gasteiger charge is -2.13. The number of esters is 1. The average Bonchev–Trinajstić information content (AvgIpc) is 2.58. The molecular weight excluding hydrogens is 222 g/mol. The molecule has 0 aromatic heterocycles. The molecule has 1 aromatic carbocycles. The zero-order valence-electron chi connectivity index (χ0n) is 9.40. The predicted octanol–water partition coefficient (Wildman–Crippen LogP) is 2.52. The van der Waals surface area contributed by atoms with Gasteiger partial charge in [0.1, 0.15) is 12.1 Å². The van der Waals surface area contributed by atoms with E-state index in [9.17, 15) is 4.79 Å². The van der Waals surface area contributed by atoms with Gasteiger partial charge >= 0.3 is 5.97 Å². The molecule has 0 saturated carbocycles. The van der Waals surface area contributed by atoms with Gasteiger partial charge in [0.2, 0.25) is 0 Å². The van der Waals surface area contributed by atoms with Gasteiger partial charge in [-0.15, -0.1) is 11.8 Å². The van der Waals surface area contributed by atoms with Crippen molar-refractivity contribution >= 4 is 23.4 Å². The van der Waals surface area contributed by atoms with Gasteiger partial charge in [0.25, 0.3) is 0 Å². The third kappa shape index (κ3) is 2.32. The SMILES string of the molecule is CSc1ccccc1N[C@@H]1C[C@H](C)OC1=O. The molecule has 0 radical (unpaired) electrons. The standard InChI is InChI=1S/C12H15NO2S/c1-8-7-10(12(14)15-8)13-9-5-3-4-6-11(9)16-2/h3-6,8,10,13H,7H2,1-2H3/t8-,10+/m0/s1. The topological polar surface area (TPSA) is 38.3 Å². The summed E-state index contributed by atoms with van der Waals surface area (Å²) in [5.74, 6) is -0.150. The summed E-state index contributed by atoms with van der Waals surface area (Å²) in [5, 5.41) is 3.25. The van der Waals surface area contributed by atoms with Crippen molar-refractivity contribution < 1.29 is 9.53 Å². The second-order valence-electron chi connectivity index (χ2n) is 3.88. The lowest BCUT2D eigenvalue weighted by atomic mass is 10.2. The summed E-state index contributed by atoms with van der Waals surface area (Å²) in [5.41, 5.74) is 1.01. The highest BCUT2D eigenvalue weighted by atomic mass is 32.2. The van der Waals surface area contributed by atoms with Crippen LogP contribution < -0.4 is 5.32 Å². The molecule has 1 fully saturated rings. The van der Waals surface area contributed by atoms with E-state index in [0.717, 1.165) is 17.0 Å². The fourth-order valence-corrected chi connectivity index (χ4v) is 2.39. The Morgan fingerprint density at radius 1 is 1.44 bits per heavy atom. The van der Waals surface area contributed by atoms with Crippen LogP contribution in [-0.4, -0.2) is 24.4 Å². The molecule has 1 aliphatic rings. The zero-order chi connectivity index (χ0) is 11.5. The first-order chi connectivity index (χ1) is 7.70. The van der Waals surface area contributed by atoms with Crippen molar-refractivity contribution in [2.75, 3.05) is 11.6 Å². The van der Waals surface area contributed by atoms with Crippen molar-refractivity contribution in [2.24, 2.45) is 0 Å². The van der Waals surface area contributed by atoms with Crippen LogP contribution in [0.1, 0.15) is 13.3 Å². The van der Waals surface area contributed by atoms with Gasteiger partial charge in [-0.1, -0.05) is 12.1 Å². The molecule has 0 bridgehead atoms. The van der Waals surface area contributed by atoms with E-state index in [4.69, 9.17) is 4.74 Å². The molecule has 1 heterocycles. The Hall–Kier alpha value is -1.16. The molecule has 86 valence electrons. The number of thioether (sulfide) groups is 1. The third-order valence-corrected chi connectivity index (χ3v) is 3.40. The minimum Gasteiger partial charge on any atom is -0.461 e. The van der Waals surface area contributed by atoms with Crippen LogP contribution in [0.2, 0.25) is 0 Å². The number of hydrogen-bond donors (Lipinski definition) is 1. The number of ether oxygens (including phenoxy) is 1. The van der Waals surface area contributed by atoms with Crippen LogP contribution in [-0.2, 0) is 9.53 Å². The van der Waals surface area contributed by atoms with Crippen LogP contribution in [0.3, 0.4) is 0 Å². The quantitative estimate of drug-likeness (QED) is 0.647. The van der Waals surface area contributed by atoms with Crippen LogP contribution >= 0.6 is 11.8 Å². The van der Waals surface area contributed by atoms with Crippen LogP contribution in [0.25, 0.3) is 0 Å². The summed E-state index contributed by atoms with van der Waals surface area (Å²) >= 11 is 1.67. The summed E-state index contributed by atoms with van der Waals surface area (Å²) in [7, 11) is 0. The minimum absolute atomic E-state index is 0.0199. The number of anilines is 1. The maximum Gasteiger partial charge on any atom is 0.328 e. The molecule has 4 heteroatoms. The minimum atomic E-state index is -0.205. The van der Waals surface area contributed by atoms with Gasteiger partial charge in [-0.05, 0) is 25.3 Å². The Bertz CT molecular complexity index is 394. The van der Waals surface area contributed by atoms with E-state index in [-0.39, 0.29) is 18.1 Å². The number of carbonyl (C=O) groups is 1. The van der Waals surface area contributed by atoms with E-state index in [0.29, 0.717) is 0 Å². The van der Waals surface area contributed by atoms with E-state index in [1.165, 1.54) is 0 Å². The molecular formula is C12H15NO2S. The van der Waals surface area contributed by atoms with E-state index in [2.05, 4.69) is 5.32 Å². The highest BCUT2D eigenvalue weighted by Gasteiger charge is 2.31. The molecule has 2 atom stereocenters. The lowest BCUT2D eigenvalue weighted by Crippen LogP contribution is -2.24. The third-order valence-electron chi connectivity index (χ3n) is 2.61. The Balaban J connectivity index is 2.12. The van der Waals surface area contributed by atoms with E-state index in [1.54, 1.807) is 11.8 Å². The first-order valence-electron chi connectivity index (χ1n) is 5.30. The molecule has 16 heavy (non-hydrogen) atoms. The molecule has 1 aromatic rings. The van der Waals surface area contributed by atoms with Gasteiger partial charge in [0.15, 0.2) is 0 Å². The lowest BCUT2D eigenvalue weighted by molar-refractivity contribution is -0.141. The number of hydrogen-bond acceptors (Lipinski definition) is 4. The molecule has 0 aliphatic carbocycles. The maximum atomic E-state index is 11.5. The van der Waals surface area contributed by atoms with E-state index < -0.39 is 0 Å². The Labute approximate surface area is 99.6 Å². The smallest absolute Gasteiger partial charge is 0.328 e. The molecule has 3 nitrogen and oxygen atoms in total. The molecule has 2 rings (SSSR count). The van der Waals surface area contributed by atoms with Crippen LogP contribution in [0.5, 0.6) is 0 Å². The summed E-state index contributed by atoms with van der Waals surface area (Å²) in [6.45, 7) is 1.92. The van der Waals surface area contributed by atoms with Crippen LogP contribution in [0, 0.1) is 0 Å². The molecule has 0 spiro atoms. The van der Waals surface area contributed by atoms with Gasteiger partial charge in [-0.2, -0.15) is 0 Å². The highest BCUT2D eigenvalue weighted by molar-refractivity contribution is 7.98. The Morgan fingerprint density at radius 2 is 2.19 bits per heavy atom. The molecule has 0 unspecified atom stereocenters. The summed E-state index contributed by atoms with van der Waals surface area (Å²) in [6.07, 6.45) is 2.78. The van der Waals surface area contributed by atoms with Crippen molar-refractivity contribution in [1.82, 2.24) is 0 Å². The average molecular weight is 237 g/mol. The highest BCUT2D eigenvalue weighted by Crippen LogP contribution is 2.27. The van der Waals surface area contributed by atoms with Crippen molar-refractivity contribution in [1.29, 1.82) is 0 Å². The fourth-order valence-electron chi connectivity index (χ4n) is 1.83. The van der Waals surface area contributed by atoms with Crippen molar-refractivity contribution in [3.8, 4) is 0 Å². The Morgan fingerprint density at radius 3 is 2.81 bits per heavy atom. The van der Waals surface area contributed by atoms with Crippen molar-refractivity contribution in [2.45, 2.75) is 30.4 Å². The first-order valence-corrected chi connectivity index (χ1v) is 6.53. The van der Waals surface area contributed by atoms with Gasteiger partial charge in [-0.3, -0.25) is 0 Å². The number of rotatable bonds is 3. The summed E-state index contributed by atoms with van der Waals surface area (Å²) in [6, 6.07) is 7.78. The molecule has 0 amide bonds. The van der Waals surface area contributed by atoms with Gasteiger partial charge in [-0.25, -0.2) is 4.79 Å². The van der Waals surface area contributed by atoms with Crippen LogP contribution in [0.4, 0.5) is 5.69 Å². The number of nitrogens with one attached hydrogen (secondary N) is 1. The normalized spacial score (nSPS) is 24.2. The predicted molar refractivity (Wildman–Crippen MR) is 65.8 cm³/mol. The van der Waals surface area contributed by atoms with E-state index in [1.807, 2.05) is 37.4 Å². The van der Waals surface area contributed by atoms with Gasteiger partial charge < -0.3 is 10.1 Å². The number of carbonyl (C=O) groups excluding carboxylic acids is 1. The first kappa shape index (κ1) is 11.3. The second-order valence-corrected chi connectivity index (χ2v) is 4.73. The largest absolute Gasteiger partial charge is 0.461 e. The molecule has 1 aliphatic heterocycles. The van der Waals surface area contributed by atoms with Crippen molar-refractivity contribution in [3.63, 3.8) is 0 Å². The summed E-state index contributed by atoms with van der Waals surface area (Å²) < 4.78 is 5.11. The number of cyclic esters (lactones) is 1. The maximum absolute atomic E-state index is 11.5. The fraction of sp³-hybridized carbons (Fsp3) is 0.417. The monoisotopic (exact) mass is 237 g/mol. The van der Waals surface area contributed by atoms with Crippen LogP contribution in [0.15, 0.2) is 29.2 Å². The Kier molecular flexibility index (Phi) is 3.39. The molecule has 1 N–H and O–H groups in total. The van der Waals surface area contributed by atoms with Gasteiger partial charge in [0, 0.05) is 17.0 Å². The zero-order valence-corrected chi connectivity index (χ0v) is 10.2. The second kappa shape index (κ2) is 4.78. The number of benzene rings is 1. The van der Waals surface area contributed by atoms with Gasteiger partial charge in [0.05, 0.1) is 0 Å².